The number of hydrogen-bond acceptors (Lipinski definition) is 5. The summed E-state index contributed by atoms with van der Waals surface area (Å²) in [6, 6.07) is 7.72. The van der Waals surface area contributed by atoms with Crippen LogP contribution in [0, 0.1) is 17.3 Å². The van der Waals surface area contributed by atoms with E-state index in [2.05, 4.69) is 39.9 Å². The summed E-state index contributed by atoms with van der Waals surface area (Å²) >= 11 is 0. The Morgan fingerprint density at radius 1 is 1.02 bits per heavy atom. The summed E-state index contributed by atoms with van der Waals surface area (Å²) in [6.45, 7) is 14.1. The normalized spacial score (nSPS) is 19.5. The molecule has 1 saturated heterocycles. The highest BCUT2D eigenvalue weighted by atomic mass is 16.5. The van der Waals surface area contributed by atoms with Crippen LogP contribution >= 0.6 is 0 Å². The second-order valence-electron chi connectivity index (χ2n) is 13.8. The molecule has 0 bridgehead atoms. The van der Waals surface area contributed by atoms with Gasteiger partial charge in [-0.2, -0.15) is 0 Å². The number of amides is 2. The van der Waals surface area contributed by atoms with Crippen LogP contribution in [0.4, 0.5) is 4.79 Å². The van der Waals surface area contributed by atoms with Gasteiger partial charge in [0.25, 0.3) is 0 Å². The third-order valence-corrected chi connectivity index (χ3v) is 9.04. The Labute approximate surface area is 257 Å². The molecule has 0 radical (unpaired) electrons. The van der Waals surface area contributed by atoms with E-state index in [9.17, 15) is 19.2 Å². The van der Waals surface area contributed by atoms with E-state index in [1.807, 2.05) is 36.1 Å². The summed E-state index contributed by atoms with van der Waals surface area (Å²) in [6.07, 6.45) is 7.65. The number of carbonyl (C=O) groups excluding carboxylic acids is 4. The summed E-state index contributed by atoms with van der Waals surface area (Å²) < 4.78 is 6.50. The summed E-state index contributed by atoms with van der Waals surface area (Å²) in [7, 11) is 1.36. The second kappa shape index (κ2) is 15.0. The number of fused-ring (bicyclic) bond motifs is 1. The van der Waals surface area contributed by atoms with Crippen LogP contribution in [-0.2, 0) is 25.5 Å². The van der Waals surface area contributed by atoms with Crippen molar-refractivity contribution < 1.29 is 23.9 Å². The standard InChI is InChI=1S/C35H53N3O5/c1-9-26(25(4)39)17-18-29(19-28-22-37(34(42)43-8)31-16-11-10-15-30(28)31)36-33(41)27(21-35(5,6)7)20-32(40)38-23(2)13-12-14-24(38)3/h10-11,15-16,22-24,26-27,29H,9,12-14,17-21H2,1-8H3,(H,36,41)/t23-,24+,26-,27-,29-/m0/s1. The molecule has 238 valence electrons. The number of piperidine rings is 1. The maximum Gasteiger partial charge on any atom is 0.418 e. The molecule has 2 amide bonds. The Kier molecular flexibility index (Phi) is 12.0. The zero-order valence-electron chi connectivity index (χ0n) is 27.6. The van der Waals surface area contributed by atoms with Crippen LogP contribution in [0.15, 0.2) is 30.5 Å². The Balaban J connectivity index is 1.90. The Hall–Kier alpha value is -3.16. The van der Waals surface area contributed by atoms with Gasteiger partial charge in [-0.25, -0.2) is 4.79 Å². The molecule has 0 saturated carbocycles. The van der Waals surface area contributed by atoms with E-state index in [1.165, 1.54) is 11.7 Å². The van der Waals surface area contributed by atoms with Crippen molar-refractivity contribution in [1.29, 1.82) is 0 Å². The number of ketones is 1. The van der Waals surface area contributed by atoms with Crippen molar-refractivity contribution in [2.45, 2.75) is 124 Å². The lowest BCUT2D eigenvalue weighted by Gasteiger charge is -2.40. The molecule has 1 aliphatic heterocycles. The lowest BCUT2D eigenvalue weighted by atomic mass is 9.82. The van der Waals surface area contributed by atoms with Gasteiger partial charge in [0.2, 0.25) is 11.8 Å². The number of nitrogens with zero attached hydrogens (tertiary/aromatic N) is 2. The van der Waals surface area contributed by atoms with Gasteiger partial charge in [0, 0.05) is 48.0 Å². The Bertz CT molecular complexity index is 1270. The van der Waals surface area contributed by atoms with Crippen LogP contribution < -0.4 is 5.32 Å². The van der Waals surface area contributed by atoms with Gasteiger partial charge in [0.15, 0.2) is 0 Å². The van der Waals surface area contributed by atoms with Gasteiger partial charge in [-0.15, -0.1) is 0 Å². The number of ether oxygens (including phenoxy) is 1. The third-order valence-electron chi connectivity index (χ3n) is 9.04. The maximum absolute atomic E-state index is 14.0. The van der Waals surface area contributed by atoms with Crippen molar-refractivity contribution in [2.75, 3.05) is 7.11 Å². The third kappa shape index (κ3) is 9.16. The fourth-order valence-electron chi connectivity index (χ4n) is 6.80. The number of aromatic nitrogens is 1. The topological polar surface area (TPSA) is 97.7 Å². The smallest absolute Gasteiger partial charge is 0.418 e. The van der Waals surface area contributed by atoms with Crippen molar-refractivity contribution in [3.63, 3.8) is 0 Å². The highest BCUT2D eigenvalue weighted by Crippen LogP contribution is 2.31. The molecule has 8 heteroatoms. The molecule has 1 N–H and O–H groups in total. The molecular formula is C35H53N3O5. The molecule has 0 spiro atoms. The fourth-order valence-corrected chi connectivity index (χ4v) is 6.80. The summed E-state index contributed by atoms with van der Waals surface area (Å²) in [5.41, 5.74) is 1.51. The molecular weight excluding hydrogens is 542 g/mol. The van der Waals surface area contributed by atoms with Crippen molar-refractivity contribution in [1.82, 2.24) is 14.8 Å². The first-order valence-corrected chi connectivity index (χ1v) is 16.0. The van der Waals surface area contributed by atoms with Crippen molar-refractivity contribution in [2.24, 2.45) is 17.3 Å². The minimum Gasteiger partial charge on any atom is -0.452 e. The lowest BCUT2D eigenvalue weighted by Crippen LogP contribution is -2.49. The molecule has 5 atom stereocenters. The maximum atomic E-state index is 14.0. The number of hydrogen-bond donors (Lipinski definition) is 1. The molecule has 8 nitrogen and oxygen atoms in total. The Morgan fingerprint density at radius 2 is 1.67 bits per heavy atom. The first kappa shape index (κ1) is 34.3. The minimum atomic E-state index is -0.476. The SMILES string of the molecule is CC[C@@H](CC[C@@H](Cc1cn(C(=O)OC)c2ccccc12)NC(=O)[C@@H](CC(=O)N1[C@H](C)CCC[C@@H]1C)CC(C)(C)C)C(C)=O. The van der Waals surface area contributed by atoms with E-state index in [0.717, 1.165) is 42.1 Å². The lowest BCUT2D eigenvalue weighted by molar-refractivity contribution is -0.142. The molecule has 0 unspecified atom stereocenters. The van der Waals surface area contributed by atoms with Gasteiger partial charge in [-0.3, -0.25) is 19.0 Å². The van der Waals surface area contributed by atoms with E-state index in [1.54, 1.807) is 13.1 Å². The van der Waals surface area contributed by atoms with E-state index in [4.69, 9.17) is 4.74 Å². The second-order valence-corrected chi connectivity index (χ2v) is 13.8. The van der Waals surface area contributed by atoms with Crippen LogP contribution in [0.2, 0.25) is 0 Å². The van der Waals surface area contributed by atoms with Gasteiger partial charge in [-0.05, 0) is 89.2 Å². The van der Waals surface area contributed by atoms with Crippen molar-refractivity contribution >= 4 is 34.6 Å². The molecule has 2 aromatic rings. The minimum absolute atomic E-state index is 0.0458. The Morgan fingerprint density at radius 3 is 2.26 bits per heavy atom. The predicted octanol–water partition coefficient (Wildman–Crippen LogP) is 6.91. The average Bonchev–Trinajstić information content (AvgIpc) is 3.29. The van der Waals surface area contributed by atoms with Gasteiger partial charge in [-0.1, -0.05) is 45.9 Å². The molecule has 1 aromatic heterocycles. The first-order valence-electron chi connectivity index (χ1n) is 16.0. The molecule has 1 fully saturated rings. The number of nitrogens with one attached hydrogen (secondary N) is 1. The van der Waals surface area contributed by atoms with Crippen molar-refractivity contribution in [3.05, 3.63) is 36.0 Å². The molecule has 1 aliphatic rings. The molecule has 0 aliphatic carbocycles. The summed E-state index contributed by atoms with van der Waals surface area (Å²) in [4.78, 5) is 54.5. The average molecular weight is 596 g/mol. The zero-order valence-corrected chi connectivity index (χ0v) is 27.6. The number of Topliss-reactive ketones (excluding diaryl/α,β-unsaturated/α-hetero) is 1. The molecule has 1 aromatic carbocycles. The predicted molar refractivity (Wildman–Crippen MR) is 171 cm³/mol. The van der Waals surface area contributed by atoms with Crippen LogP contribution in [0.25, 0.3) is 10.9 Å². The molecule has 43 heavy (non-hydrogen) atoms. The number of benzene rings is 1. The number of carbonyl (C=O) groups is 4. The van der Waals surface area contributed by atoms with E-state index in [-0.39, 0.29) is 53.5 Å². The van der Waals surface area contributed by atoms with E-state index >= 15 is 0 Å². The molecule has 3 rings (SSSR count). The van der Waals surface area contributed by atoms with Gasteiger partial charge < -0.3 is 15.0 Å². The van der Waals surface area contributed by atoms with E-state index in [0.29, 0.717) is 25.7 Å². The number of methoxy groups -OCH3 is 1. The number of rotatable bonds is 12. The summed E-state index contributed by atoms with van der Waals surface area (Å²) in [5, 5.41) is 4.22. The van der Waals surface area contributed by atoms with Gasteiger partial charge in [0.1, 0.15) is 5.78 Å². The summed E-state index contributed by atoms with van der Waals surface area (Å²) in [5.74, 6) is -0.481. The number of para-hydroxylation sites is 1. The highest BCUT2D eigenvalue weighted by molar-refractivity contribution is 5.92. The number of likely N-dealkylation sites (tertiary alicyclic amines) is 1. The largest absolute Gasteiger partial charge is 0.452 e. The van der Waals surface area contributed by atoms with Crippen LogP contribution in [-0.4, -0.2) is 58.4 Å². The van der Waals surface area contributed by atoms with Crippen LogP contribution in [0.3, 0.4) is 0 Å². The zero-order chi connectivity index (χ0) is 31.9. The van der Waals surface area contributed by atoms with Gasteiger partial charge in [0.05, 0.1) is 12.6 Å². The fraction of sp³-hybridized carbons (Fsp3) is 0.657. The van der Waals surface area contributed by atoms with Gasteiger partial charge >= 0.3 is 6.09 Å². The highest BCUT2D eigenvalue weighted by Gasteiger charge is 2.34. The monoisotopic (exact) mass is 595 g/mol. The molecule has 2 heterocycles. The van der Waals surface area contributed by atoms with Crippen LogP contribution in [0.1, 0.15) is 105 Å². The van der Waals surface area contributed by atoms with Crippen LogP contribution in [0.5, 0.6) is 0 Å². The quantitative estimate of drug-likeness (QED) is 0.288. The van der Waals surface area contributed by atoms with Crippen molar-refractivity contribution in [3.8, 4) is 0 Å². The first-order chi connectivity index (χ1) is 20.2. The van der Waals surface area contributed by atoms with E-state index < -0.39 is 12.0 Å².